The molecule has 0 radical (unpaired) electrons. The van der Waals surface area contributed by atoms with Crippen molar-refractivity contribution in [3.8, 4) is 22.7 Å². The third kappa shape index (κ3) is 4.87. The van der Waals surface area contributed by atoms with Crippen LogP contribution in [0.4, 0.5) is 30.7 Å². The molecule has 0 saturated heterocycles. The Hall–Kier alpha value is -3.09. The fraction of sp³-hybridized carbons (Fsp3) is 0.211. The van der Waals surface area contributed by atoms with Gasteiger partial charge in [-0.15, -0.1) is 13.2 Å². The third-order valence-corrected chi connectivity index (χ3v) is 5.40. The van der Waals surface area contributed by atoms with E-state index >= 15 is 0 Å². The molecule has 3 rings (SSSR count). The molecule has 0 N–H and O–H groups in total. The van der Waals surface area contributed by atoms with Crippen molar-refractivity contribution in [2.24, 2.45) is 0 Å². The number of halogens is 7. The third-order valence-electron chi connectivity index (χ3n) is 4.29. The minimum Gasteiger partial charge on any atom is -0.405 e. The van der Waals surface area contributed by atoms with Gasteiger partial charge in [0.2, 0.25) is 0 Å². The molecule has 5 nitrogen and oxygen atoms in total. The summed E-state index contributed by atoms with van der Waals surface area (Å²) >= 11 is 0. The number of nitrogens with zero attached hydrogens (tertiary/aromatic N) is 2. The smallest absolute Gasteiger partial charge is 0.405 e. The largest absolute Gasteiger partial charge is 0.573 e. The van der Waals surface area contributed by atoms with Crippen molar-refractivity contribution in [1.82, 2.24) is 9.78 Å². The zero-order valence-corrected chi connectivity index (χ0v) is 17.0. The van der Waals surface area contributed by atoms with Crippen LogP contribution in [0.1, 0.15) is 17.7 Å². The number of rotatable bonds is 5. The fourth-order valence-corrected chi connectivity index (χ4v) is 3.58. The van der Waals surface area contributed by atoms with Gasteiger partial charge in [-0.1, -0.05) is 12.1 Å². The van der Waals surface area contributed by atoms with E-state index in [1.54, 1.807) is 0 Å². The zero-order chi connectivity index (χ0) is 24.0. The molecule has 0 saturated carbocycles. The van der Waals surface area contributed by atoms with Crippen LogP contribution in [-0.4, -0.2) is 30.8 Å². The van der Waals surface area contributed by atoms with E-state index in [1.165, 1.54) is 19.1 Å². The van der Waals surface area contributed by atoms with Crippen LogP contribution in [-0.2, 0) is 9.84 Å². The lowest BCUT2D eigenvalue weighted by molar-refractivity contribution is -0.274. The number of aromatic nitrogens is 2. The van der Waals surface area contributed by atoms with Gasteiger partial charge in [0.1, 0.15) is 33.7 Å². The van der Waals surface area contributed by atoms with Crippen LogP contribution in [0, 0.1) is 18.6 Å². The second-order valence-corrected chi connectivity index (χ2v) is 8.69. The molecule has 0 aliphatic carbocycles. The van der Waals surface area contributed by atoms with Gasteiger partial charge in [0, 0.05) is 17.9 Å². The molecule has 0 atom stereocenters. The normalized spacial score (nSPS) is 12.4. The van der Waals surface area contributed by atoms with Gasteiger partial charge >= 0.3 is 6.36 Å². The van der Waals surface area contributed by atoms with Gasteiger partial charge in [0.05, 0.1) is 5.69 Å². The fourth-order valence-electron chi connectivity index (χ4n) is 2.85. The average Bonchev–Trinajstić information content (AvgIpc) is 3.08. The number of alkyl halides is 5. The van der Waals surface area contributed by atoms with Crippen LogP contribution in [0.2, 0.25) is 0 Å². The Balaban J connectivity index is 2.24. The van der Waals surface area contributed by atoms with E-state index in [0.717, 1.165) is 12.1 Å². The highest BCUT2D eigenvalue weighted by molar-refractivity contribution is 7.90. The van der Waals surface area contributed by atoms with Crippen molar-refractivity contribution in [2.75, 3.05) is 6.26 Å². The summed E-state index contributed by atoms with van der Waals surface area (Å²) in [5, 5.41) is 3.52. The molecule has 13 heteroatoms. The van der Waals surface area contributed by atoms with E-state index in [1.807, 2.05) is 0 Å². The van der Waals surface area contributed by atoms with Crippen LogP contribution in [0.25, 0.3) is 16.9 Å². The predicted octanol–water partition coefficient (Wildman–Crippen LogP) is 5.37. The van der Waals surface area contributed by atoms with E-state index in [9.17, 15) is 39.2 Å². The Labute approximate surface area is 177 Å². The average molecular weight is 482 g/mol. The Kier molecular flexibility index (Phi) is 5.98. The van der Waals surface area contributed by atoms with Gasteiger partial charge in [-0.3, -0.25) is 0 Å². The van der Waals surface area contributed by atoms with Crippen LogP contribution in [0.15, 0.2) is 41.3 Å². The quantitative estimate of drug-likeness (QED) is 0.459. The molecule has 0 amide bonds. The first-order valence-corrected chi connectivity index (χ1v) is 10.5. The SMILES string of the molecule is Cc1ccc(-c2cc(C(F)F)nn2-c2cc(F)c(S(C)(=O)=O)cc2F)cc1OC(F)(F)F. The van der Waals surface area contributed by atoms with Crippen LogP contribution < -0.4 is 4.74 Å². The van der Waals surface area contributed by atoms with Crippen molar-refractivity contribution in [3.05, 3.63) is 59.3 Å². The molecule has 1 aromatic heterocycles. The lowest BCUT2D eigenvalue weighted by Gasteiger charge is -2.14. The first-order chi connectivity index (χ1) is 14.7. The van der Waals surface area contributed by atoms with E-state index in [0.29, 0.717) is 23.1 Å². The van der Waals surface area contributed by atoms with E-state index < -0.39 is 56.3 Å². The maximum Gasteiger partial charge on any atom is 0.573 e. The molecule has 0 aliphatic heterocycles. The summed E-state index contributed by atoms with van der Waals surface area (Å²) in [7, 11) is -4.14. The molecule has 1 heterocycles. The molecule has 0 fully saturated rings. The minimum absolute atomic E-state index is 0.0703. The molecular weight excluding hydrogens is 469 g/mol. The van der Waals surface area contributed by atoms with E-state index in [2.05, 4.69) is 9.84 Å². The molecular formula is C19H13F7N2O3S. The molecule has 0 unspecified atom stereocenters. The zero-order valence-electron chi connectivity index (χ0n) is 16.2. The van der Waals surface area contributed by atoms with Gasteiger partial charge in [-0.25, -0.2) is 30.7 Å². The van der Waals surface area contributed by atoms with Crippen molar-refractivity contribution in [1.29, 1.82) is 0 Å². The maximum absolute atomic E-state index is 14.7. The van der Waals surface area contributed by atoms with Gasteiger partial charge < -0.3 is 4.74 Å². The summed E-state index contributed by atoms with van der Waals surface area (Å²) in [4.78, 5) is -0.960. The van der Waals surface area contributed by atoms with Crippen LogP contribution in [0.5, 0.6) is 5.75 Å². The number of sulfone groups is 1. The van der Waals surface area contributed by atoms with E-state index in [4.69, 9.17) is 0 Å². The number of aryl methyl sites for hydroxylation is 1. The van der Waals surface area contributed by atoms with Crippen molar-refractivity contribution in [2.45, 2.75) is 24.6 Å². The maximum atomic E-state index is 14.7. The Morgan fingerprint density at radius 1 is 1.03 bits per heavy atom. The van der Waals surface area contributed by atoms with Crippen molar-refractivity contribution < 1.29 is 43.9 Å². The number of hydrogen-bond acceptors (Lipinski definition) is 4. The summed E-state index contributed by atoms with van der Waals surface area (Å²) in [6.07, 6.45) is -7.53. The van der Waals surface area contributed by atoms with Gasteiger partial charge in [-0.05, 0) is 30.7 Å². The summed E-state index contributed by atoms with van der Waals surface area (Å²) in [6, 6.07) is 4.93. The highest BCUT2D eigenvalue weighted by Gasteiger charge is 2.32. The Bertz CT molecular complexity index is 1280. The molecule has 32 heavy (non-hydrogen) atoms. The lowest BCUT2D eigenvalue weighted by Crippen LogP contribution is -2.17. The van der Waals surface area contributed by atoms with Gasteiger partial charge in [-0.2, -0.15) is 5.10 Å². The second kappa shape index (κ2) is 8.11. The van der Waals surface area contributed by atoms with Crippen LogP contribution in [0.3, 0.4) is 0 Å². The van der Waals surface area contributed by atoms with Gasteiger partial charge in [0.15, 0.2) is 9.84 Å². The summed E-state index contributed by atoms with van der Waals surface area (Å²) in [5.41, 5.74) is -1.96. The predicted molar refractivity (Wildman–Crippen MR) is 98.4 cm³/mol. The standard InChI is InChI=1S/C19H13F7N2O3S/c1-9-3-4-10(5-16(9)31-19(24,25)26)14-8-13(18(22)23)27-28(14)15-6-12(21)17(7-11(15)20)32(2,29)30/h3-8,18H,1-2H3. The summed E-state index contributed by atoms with van der Waals surface area (Å²) in [5.74, 6) is -3.31. The number of ether oxygens (including phenoxy) is 1. The molecule has 3 aromatic rings. The van der Waals surface area contributed by atoms with Crippen molar-refractivity contribution in [3.63, 3.8) is 0 Å². The molecule has 2 aromatic carbocycles. The highest BCUT2D eigenvalue weighted by Crippen LogP contribution is 2.34. The van der Waals surface area contributed by atoms with E-state index in [-0.39, 0.29) is 16.8 Å². The summed E-state index contributed by atoms with van der Waals surface area (Å²) in [6.45, 7) is 1.31. The minimum atomic E-state index is -5.03. The second-order valence-electron chi connectivity index (χ2n) is 6.70. The summed E-state index contributed by atoms with van der Waals surface area (Å²) < 4.78 is 121. The Morgan fingerprint density at radius 3 is 2.25 bits per heavy atom. The monoisotopic (exact) mass is 482 g/mol. The molecule has 0 aliphatic rings. The first-order valence-electron chi connectivity index (χ1n) is 8.61. The highest BCUT2D eigenvalue weighted by atomic mass is 32.2. The van der Waals surface area contributed by atoms with Gasteiger partial charge in [0.25, 0.3) is 6.43 Å². The first kappa shape index (κ1) is 23.6. The van der Waals surface area contributed by atoms with Crippen molar-refractivity contribution >= 4 is 9.84 Å². The lowest BCUT2D eigenvalue weighted by atomic mass is 10.1. The number of benzene rings is 2. The topological polar surface area (TPSA) is 61.2 Å². The Morgan fingerprint density at radius 2 is 1.69 bits per heavy atom. The molecule has 0 bridgehead atoms. The van der Waals surface area contributed by atoms with Crippen LogP contribution >= 0.6 is 0 Å². The molecule has 0 spiro atoms. The number of hydrogen-bond donors (Lipinski definition) is 0. The molecule has 172 valence electrons.